The molecule has 1 aliphatic rings. The number of nitrogens with zero attached hydrogens (tertiary/aromatic N) is 6. The Balaban J connectivity index is 1.16. The van der Waals surface area contributed by atoms with E-state index in [9.17, 15) is 14.4 Å². The van der Waals surface area contributed by atoms with E-state index in [1.54, 1.807) is 31.5 Å². The Bertz CT molecular complexity index is 2150. The van der Waals surface area contributed by atoms with Gasteiger partial charge >= 0.3 is 5.69 Å². The van der Waals surface area contributed by atoms with E-state index in [2.05, 4.69) is 32.2 Å². The van der Waals surface area contributed by atoms with E-state index in [1.807, 2.05) is 0 Å². The first-order valence-corrected chi connectivity index (χ1v) is 16.2. The van der Waals surface area contributed by atoms with Crippen LogP contribution in [0.1, 0.15) is 16.9 Å². The number of methoxy groups -OCH3 is 1. The van der Waals surface area contributed by atoms with Crippen molar-refractivity contribution in [1.29, 1.82) is 0 Å². The molecular weight excluding hydrogens is 669 g/mol. The summed E-state index contributed by atoms with van der Waals surface area (Å²) in [5, 5.41) is 7.45. The molecule has 1 aliphatic heterocycles. The van der Waals surface area contributed by atoms with Gasteiger partial charge in [0.25, 0.3) is 11.5 Å². The van der Waals surface area contributed by atoms with Gasteiger partial charge in [-0.2, -0.15) is 9.78 Å². The first-order valence-electron chi connectivity index (χ1n) is 15.9. The first-order chi connectivity index (χ1) is 24.1. The third kappa shape index (κ3) is 7.62. The normalized spacial score (nSPS) is 13.7. The Hall–Kier alpha value is -5.31. The highest BCUT2D eigenvalue weighted by molar-refractivity contribution is 6.30. The van der Waals surface area contributed by atoms with Crippen LogP contribution >= 0.6 is 11.6 Å². The van der Waals surface area contributed by atoms with E-state index >= 15 is 4.39 Å². The molecule has 260 valence electrons. The summed E-state index contributed by atoms with van der Waals surface area (Å²) in [4.78, 5) is 47.8. The van der Waals surface area contributed by atoms with E-state index in [0.717, 1.165) is 54.5 Å². The fraction of sp³-hybridized carbons (Fsp3) is 0.286. The number of pyridine rings is 1. The maximum absolute atomic E-state index is 15.4. The molecule has 1 saturated heterocycles. The van der Waals surface area contributed by atoms with E-state index in [1.165, 1.54) is 43.4 Å². The maximum atomic E-state index is 15.4. The monoisotopic (exact) mass is 703 g/mol. The molecule has 50 heavy (non-hydrogen) atoms. The number of nitrogens with one attached hydrogen (secondary N) is 1. The zero-order chi connectivity index (χ0) is 35.4. The lowest BCUT2D eigenvalue weighted by Crippen LogP contribution is -2.44. The summed E-state index contributed by atoms with van der Waals surface area (Å²) in [5.41, 5.74) is -1.36. The molecule has 13 nitrogen and oxygen atoms in total. The molecule has 2 aromatic heterocycles. The number of likely N-dealkylation sites (N-methyl/N-ethyl adjacent to an activating group) is 1. The SMILES string of the molecule is COc1cc2c(Oc3ccc(NC(=O)c4nn(-c5ccc(Cl)cc5)c(=O)n(C)c4=O)cc3F)ccnc2cc1OCCCN1CCN(C)CC1. The molecule has 1 fully saturated rings. The maximum Gasteiger partial charge on any atom is 0.351 e. The molecule has 0 bridgehead atoms. The largest absolute Gasteiger partial charge is 0.493 e. The topological polar surface area (TPSA) is 133 Å². The molecule has 0 saturated carbocycles. The number of rotatable bonds is 11. The number of anilines is 1. The summed E-state index contributed by atoms with van der Waals surface area (Å²) in [6, 6.07) is 15.0. The average molecular weight is 704 g/mol. The molecule has 6 rings (SSSR count). The van der Waals surface area contributed by atoms with Gasteiger partial charge in [0.2, 0.25) is 5.69 Å². The quantitative estimate of drug-likeness (QED) is 0.198. The van der Waals surface area contributed by atoms with Gasteiger partial charge in [0.05, 0.1) is 24.9 Å². The van der Waals surface area contributed by atoms with Gasteiger partial charge in [-0.05, 0) is 62.0 Å². The van der Waals surface area contributed by atoms with Crippen LogP contribution in [-0.2, 0) is 7.05 Å². The molecule has 0 unspecified atom stereocenters. The smallest absolute Gasteiger partial charge is 0.351 e. The summed E-state index contributed by atoms with van der Waals surface area (Å²) >= 11 is 5.94. The van der Waals surface area contributed by atoms with Crippen molar-refractivity contribution in [2.75, 3.05) is 58.8 Å². The van der Waals surface area contributed by atoms with Gasteiger partial charge in [-0.25, -0.2) is 9.18 Å². The van der Waals surface area contributed by atoms with Crippen LogP contribution in [0.5, 0.6) is 23.0 Å². The van der Waals surface area contributed by atoms with Crippen LogP contribution in [0.15, 0.2) is 76.4 Å². The number of halogens is 2. The predicted molar refractivity (Wildman–Crippen MR) is 187 cm³/mol. The number of fused-ring (bicyclic) bond motifs is 1. The Morgan fingerprint density at radius 1 is 0.940 bits per heavy atom. The average Bonchev–Trinajstić information content (AvgIpc) is 3.11. The molecule has 3 heterocycles. The second kappa shape index (κ2) is 15.1. The highest BCUT2D eigenvalue weighted by Crippen LogP contribution is 2.38. The number of benzene rings is 3. The highest BCUT2D eigenvalue weighted by atomic mass is 35.5. The summed E-state index contributed by atoms with van der Waals surface area (Å²) < 4.78 is 34.6. The number of ether oxygens (including phenoxy) is 3. The molecule has 1 N–H and O–H groups in total. The van der Waals surface area contributed by atoms with Crippen LogP contribution in [0.2, 0.25) is 5.02 Å². The van der Waals surface area contributed by atoms with Crippen molar-refractivity contribution in [2.24, 2.45) is 7.05 Å². The number of carbonyl (C=O) groups is 1. The lowest BCUT2D eigenvalue weighted by molar-refractivity contribution is 0.101. The zero-order valence-corrected chi connectivity index (χ0v) is 28.4. The second-order valence-electron chi connectivity index (χ2n) is 11.8. The highest BCUT2D eigenvalue weighted by Gasteiger charge is 2.20. The van der Waals surface area contributed by atoms with Crippen LogP contribution in [-0.4, -0.2) is 88.5 Å². The first kappa shape index (κ1) is 34.5. The van der Waals surface area contributed by atoms with Crippen LogP contribution in [0, 0.1) is 5.82 Å². The Morgan fingerprint density at radius 2 is 1.70 bits per heavy atom. The van der Waals surface area contributed by atoms with Gasteiger partial charge < -0.3 is 29.3 Å². The summed E-state index contributed by atoms with van der Waals surface area (Å²) in [6.07, 6.45) is 2.41. The number of piperazine rings is 1. The fourth-order valence-electron chi connectivity index (χ4n) is 5.47. The minimum atomic E-state index is -0.939. The number of aromatic nitrogens is 4. The lowest BCUT2D eigenvalue weighted by atomic mass is 10.1. The molecular formula is C35H35ClFN7O6. The zero-order valence-electron chi connectivity index (χ0n) is 27.7. The minimum absolute atomic E-state index is 0.0311. The van der Waals surface area contributed by atoms with Gasteiger partial charge in [0.15, 0.2) is 23.1 Å². The van der Waals surface area contributed by atoms with Gasteiger partial charge in [-0.3, -0.25) is 19.1 Å². The molecule has 15 heteroatoms. The summed E-state index contributed by atoms with van der Waals surface area (Å²) in [5.74, 6) is -0.498. The third-order valence-corrected chi connectivity index (χ3v) is 8.58. The Labute approximate surface area is 291 Å². The molecule has 1 amide bonds. The molecule has 0 atom stereocenters. The van der Waals surface area contributed by atoms with E-state index in [4.69, 9.17) is 25.8 Å². The second-order valence-corrected chi connectivity index (χ2v) is 12.2. The van der Waals surface area contributed by atoms with Crippen molar-refractivity contribution in [3.05, 3.63) is 104 Å². The van der Waals surface area contributed by atoms with Crippen molar-refractivity contribution < 1.29 is 23.4 Å². The van der Waals surface area contributed by atoms with Crippen LogP contribution in [0.4, 0.5) is 10.1 Å². The lowest BCUT2D eigenvalue weighted by Gasteiger charge is -2.32. The number of carbonyl (C=O) groups excluding carboxylic acids is 1. The van der Waals surface area contributed by atoms with E-state index in [-0.39, 0.29) is 11.4 Å². The third-order valence-electron chi connectivity index (χ3n) is 8.33. The van der Waals surface area contributed by atoms with Crippen molar-refractivity contribution in [1.82, 2.24) is 29.1 Å². The van der Waals surface area contributed by atoms with Gasteiger partial charge in [0.1, 0.15) is 5.75 Å². The van der Waals surface area contributed by atoms with E-state index < -0.39 is 28.7 Å². The van der Waals surface area contributed by atoms with Crippen molar-refractivity contribution in [3.63, 3.8) is 0 Å². The number of amides is 1. The number of hydrogen-bond donors (Lipinski definition) is 1. The van der Waals surface area contributed by atoms with Gasteiger partial charge in [-0.15, -0.1) is 0 Å². The van der Waals surface area contributed by atoms with Gasteiger partial charge in [0, 0.05) is 74.2 Å². The number of hydrogen-bond acceptors (Lipinski definition) is 10. The summed E-state index contributed by atoms with van der Waals surface area (Å²) in [7, 11) is 4.90. The Kier molecular flexibility index (Phi) is 10.4. The van der Waals surface area contributed by atoms with Gasteiger partial charge in [-0.1, -0.05) is 11.6 Å². The van der Waals surface area contributed by atoms with Crippen molar-refractivity contribution in [3.8, 4) is 28.7 Å². The predicted octanol–water partition coefficient (Wildman–Crippen LogP) is 4.34. The van der Waals surface area contributed by atoms with E-state index in [0.29, 0.717) is 45.5 Å². The Morgan fingerprint density at radius 3 is 2.42 bits per heavy atom. The van der Waals surface area contributed by atoms with Crippen LogP contribution in [0.25, 0.3) is 16.6 Å². The standard InChI is InChI=1S/C35H35ClFN7O6/c1-41-14-16-43(17-15-41)13-4-18-49-31-21-27-25(20-30(31)48-3)28(11-12-38-27)50-29-10-7-23(19-26(29)37)39-33(45)32-34(46)42(2)35(47)44(40-32)24-8-5-22(36)6-9-24/h5-12,19-21H,4,13-18H2,1-3H3,(H,39,45). The summed E-state index contributed by atoms with van der Waals surface area (Å²) in [6.45, 7) is 5.67. The van der Waals surface area contributed by atoms with Crippen molar-refractivity contribution >= 4 is 34.1 Å². The van der Waals surface area contributed by atoms with Crippen LogP contribution < -0.4 is 30.8 Å². The molecule has 0 spiro atoms. The molecule has 5 aromatic rings. The fourth-order valence-corrected chi connectivity index (χ4v) is 5.59. The molecule has 0 radical (unpaired) electrons. The van der Waals surface area contributed by atoms with Crippen LogP contribution in [0.3, 0.4) is 0 Å². The van der Waals surface area contributed by atoms with Crippen molar-refractivity contribution in [2.45, 2.75) is 6.42 Å². The minimum Gasteiger partial charge on any atom is -0.493 e. The molecule has 3 aromatic carbocycles. The molecule has 0 aliphatic carbocycles.